The highest BCUT2D eigenvalue weighted by atomic mass is 32.1. The van der Waals surface area contributed by atoms with Crippen molar-refractivity contribution in [3.63, 3.8) is 0 Å². The van der Waals surface area contributed by atoms with E-state index in [2.05, 4.69) is 4.98 Å². The molecule has 1 fully saturated rings. The Hall–Kier alpha value is -1.79. The fourth-order valence-corrected chi connectivity index (χ4v) is 3.93. The van der Waals surface area contributed by atoms with Crippen molar-refractivity contribution >= 4 is 17.2 Å². The van der Waals surface area contributed by atoms with E-state index >= 15 is 0 Å². The van der Waals surface area contributed by atoms with Crippen LogP contribution in [0.5, 0.6) is 0 Å². The zero-order valence-corrected chi connectivity index (χ0v) is 13.9. The number of carbonyl (C=O) groups is 1. The van der Waals surface area contributed by atoms with E-state index in [1.165, 1.54) is 12.1 Å². The summed E-state index contributed by atoms with van der Waals surface area (Å²) >= 11 is 1.57. The van der Waals surface area contributed by atoms with Crippen molar-refractivity contribution in [1.29, 1.82) is 0 Å². The molecule has 0 radical (unpaired) electrons. The van der Waals surface area contributed by atoms with Crippen LogP contribution in [0.25, 0.3) is 0 Å². The Balaban J connectivity index is 1.81. The number of aromatic nitrogens is 1. The zero-order valence-electron chi connectivity index (χ0n) is 13.1. The number of aliphatic hydroxyl groups excluding tert-OH is 1. The second kappa shape index (κ2) is 6.37. The van der Waals surface area contributed by atoms with Gasteiger partial charge in [-0.1, -0.05) is 12.1 Å². The van der Waals surface area contributed by atoms with E-state index < -0.39 is 6.10 Å². The van der Waals surface area contributed by atoms with Gasteiger partial charge in [0.05, 0.1) is 29.3 Å². The summed E-state index contributed by atoms with van der Waals surface area (Å²) in [7, 11) is 0. The molecule has 2 unspecified atom stereocenters. The van der Waals surface area contributed by atoms with E-state index in [9.17, 15) is 14.3 Å². The van der Waals surface area contributed by atoms with E-state index in [1.807, 2.05) is 13.8 Å². The highest BCUT2D eigenvalue weighted by molar-refractivity contribution is 7.11. The van der Waals surface area contributed by atoms with Crippen molar-refractivity contribution in [3.05, 3.63) is 51.2 Å². The van der Waals surface area contributed by atoms with Crippen LogP contribution in [0.3, 0.4) is 0 Å². The van der Waals surface area contributed by atoms with Crippen LogP contribution in [0.1, 0.15) is 33.6 Å². The Kier molecular flexibility index (Phi) is 4.46. The van der Waals surface area contributed by atoms with Gasteiger partial charge in [-0.05, 0) is 38.0 Å². The molecule has 2 atom stereocenters. The molecule has 0 spiro atoms. The molecule has 2 heterocycles. The van der Waals surface area contributed by atoms with Gasteiger partial charge in [0.15, 0.2) is 0 Å². The summed E-state index contributed by atoms with van der Waals surface area (Å²) in [5.41, 5.74) is 1.51. The monoisotopic (exact) mass is 334 g/mol. The standard InChI is InChI=1S/C17H19FN2O2S/c1-10-15(19-11(2)23-10)8-17(22)20-9-14(21)7-16(20)12-4-3-5-13(18)6-12/h3-6,14,16,21H,7-9H2,1-2H3. The predicted molar refractivity (Wildman–Crippen MR) is 86.8 cm³/mol. The number of benzene rings is 1. The molecule has 6 heteroatoms. The summed E-state index contributed by atoms with van der Waals surface area (Å²) < 4.78 is 13.5. The van der Waals surface area contributed by atoms with Crippen molar-refractivity contribution in [3.8, 4) is 0 Å². The first-order chi connectivity index (χ1) is 10.9. The molecule has 4 nitrogen and oxygen atoms in total. The van der Waals surface area contributed by atoms with Gasteiger partial charge in [0, 0.05) is 11.4 Å². The van der Waals surface area contributed by atoms with Gasteiger partial charge in [-0.15, -0.1) is 11.3 Å². The molecule has 122 valence electrons. The Morgan fingerprint density at radius 1 is 1.48 bits per heavy atom. The molecule has 0 aliphatic carbocycles. The minimum absolute atomic E-state index is 0.0794. The number of aryl methyl sites for hydroxylation is 2. The summed E-state index contributed by atoms with van der Waals surface area (Å²) in [5.74, 6) is -0.411. The van der Waals surface area contributed by atoms with Crippen LogP contribution < -0.4 is 0 Å². The third kappa shape index (κ3) is 3.43. The van der Waals surface area contributed by atoms with Crippen molar-refractivity contribution in [1.82, 2.24) is 9.88 Å². The van der Waals surface area contributed by atoms with E-state index in [0.717, 1.165) is 21.1 Å². The number of aliphatic hydroxyl groups is 1. The number of hydrogen-bond acceptors (Lipinski definition) is 4. The fourth-order valence-electron chi connectivity index (χ4n) is 3.10. The number of nitrogens with zero attached hydrogens (tertiary/aromatic N) is 2. The van der Waals surface area contributed by atoms with Crippen LogP contribution in [-0.4, -0.2) is 33.5 Å². The molecule has 1 aromatic heterocycles. The maximum atomic E-state index is 13.5. The Labute approximate surface area is 138 Å². The average Bonchev–Trinajstić information content (AvgIpc) is 3.02. The summed E-state index contributed by atoms with van der Waals surface area (Å²) in [6.45, 7) is 4.15. The zero-order chi connectivity index (χ0) is 16.6. The van der Waals surface area contributed by atoms with Gasteiger partial charge in [0.2, 0.25) is 5.91 Å². The fraction of sp³-hybridized carbons (Fsp3) is 0.412. The van der Waals surface area contributed by atoms with Gasteiger partial charge in [-0.25, -0.2) is 9.37 Å². The minimum Gasteiger partial charge on any atom is -0.391 e. The third-order valence-corrected chi connectivity index (χ3v) is 5.08. The van der Waals surface area contributed by atoms with E-state index in [0.29, 0.717) is 6.42 Å². The first kappa shape index (κ1) is 16.1. The summed E-state index contributed by atoms with van der Waals surface area (Å²) in [6, 6.07) is 5.95. The number of thiazole rings is 1. The van der Waals surface area contributed by atoms with Gasteiger partial charge in [0.25, 0.3) is 0 Å². The maximum Gasteiger partial charge on any atom is 0.229 e. The lowest BCUT2D eigenvalue weighted by Crippen LogP contribution is -2.33. The summed E-state index contributed by atoms with van der Waals surface area (Å²) in [6.07, 6.45) is 0.0735. The Morgan fingerprint density at radius 2 is 2.26 bits per heavy atom. The Morgan fingerprint density at radius 3 is 2.91 bits per heavy atom. The van der Waals surface area contributed by atoms with Crippen LogP contribution in [0.2, 0.25) is 0 Å². The van der Waals surface area contributed by atoms with Gasteiger partial charge in [0.1, 0.15) is 5.82 Å². The van der Waals surface area contributed by atoms with Crippen LogP contribution >= 0.6 is 11.3 Å². The molecule has 1 amide bonds. The number of carbonyl (C=O) groups excluding carboxylic acids is 1. The molecule has 1 saturated heterocycles. The van der Waals surface area contributed by atoms with Crippen LogP contribution in [0.4, 0.5) is 4.39 Å². The average molecular weight is 334 g/mol. The van der Waals surface area contributed by atoms with Gasteiger partial charge in [-0.2, -0.15) is 0 Å². The largest absolute Gasteiger partial charge is 0.391 e. The molecule has 0 bridgehead atoms. The molecule has 1 aliphatic rings. The van der Waals surface area contributed by atoms with Gasteiger partial charge >= 0.3 is 0 Å². The summed E-state index contributed by atoms with van der Waals surface area (Å²) in [5, 5.41) is 10.9. The van der Waals surface area contributed by atoms with Crippen molar-refractivity contribution in [2.75, 3.05) is 6.54 Å². The summed E-state index contributed by atoms with van der Waals surface area (Å²) in [4.78, 5) is 19.8. The van der Waals surface area contributed by atoms with E-state index in [-0.39, 0.29) is 30.7 Å². The lowest BCUT2D eigenvalue weighted by Gasteiger charge is -2.24. The first-order valence-electron chi connectivity index (χ1n) is 7.60. The number of amides is 1. The van der Waals surface area contributed by atoms with Crippen LogP contribution in [0, 0.1) is 19.7 Å². The highest BCUT2D eigenvalue weighted by Crippen LogP contribution is 2.33. The SMILES string of the molecule is Cc1nc(CC(=O)N2CC(O)CC2c2cccc(F)c2)c(C)s1. The molecular formula is C17H19FN2O2S. The molecule has 23 heavy (non-hydrogen) atoms. The quantitative estimate of drug-likeness (QED) is 0.939. The second-order valence-electron chi connectivity index (χ2n) is 5.92. The molecule has 0 saturated carbocycles. The normalized spacial score (nSPS) is 21.0. The van der Waals surface area contributed by atoms with Gasteiger partial charge < -0.3 is 10.0 Å². The second-order valence-corrected chi connectivity index (χ2v) is 7.33. The third-order valence-electron chi connectivity index (χ3n) is 4.15. The van der Waals surface area contributed by atoms with Crippen molar-refractivity contribution in [2.24, 2.45) is 0 Å². The number of hydrogen-bond donors (Lipinski definition) is 1. The van der Waals surface area contributed by atoms with E-state index in [4.69, 9.17) is 0 Å². The predicted octanol–water partition coefficient (Wildman–Crippen LogP) is 2.78. The number of halogens is 1. The molecular weight excluding hydrogens is 315 g/mol. The Bertz CT molecular complexity index is 731. The van der Waals surface area contributed by atoms with E-state index in [1.54, 1.807) is 28.4 Å². The van der Waals surface area contributed by atoms with Gasteiger partial charge in [-0.3, -0.25) is 4.79 Å². The van der Waals surface area contributed by atoms with Crippen molar-refractivity contribution in [2.45, 2.75) is 38.8 Å². The first-order valence-corrected chi connectivity index (χ1v) is 8.41. The molecule has 3 rings (SSSR count). The lowest BCUT2D eigenvalue weighted by atomic mass is 10.0. The smallest absolute Gasteiger partial charge is 0.229 e. The topological polar surface area (TPSA) is 53.4 Å². The highest BCUT2D eigenvalue weighted by Gasteiger charge is 2.35. The molecule has 1 aliphatic heterocycles. The molecule has 2 aromatic rings. The maximum absolute atomic E-state index is 13.5. The number of β-amino-alcohol motifs (C(OH)–C–C–N with tert-alkyl or cyclic N) is 1. The van der Waals surface area contributed by atoms with Crippen LogP contribution in [0.15, 0.2) is 24.3 Å². The molecule has 1 aromatic carbocycles. The number of likely N-dealkylation sites (tertiary alicyclic amines) is 1. The molecule has 1 N–H and O–H groups in total. The lowest BCUT2D eigenvalue weighted by molar-refractivity contribution is -0.131. The van der Waals surface area contributed by atoms with Crippen LogP contribution in [-0.2, 0) is 11.2 Å². The number of rotatable bonds is 3. The minimum atomic E-state index is -0.578. The van der Waals surface area contributed by atoms with Crippen molar-refractivity contribution < 1.29 is 14.3 Å².